The van der Waals surface area contributed by atoms with Gasteiger partial charge in [-0.1, -0.05) is 24.3 Å². The van der Waals surface area contributed by atoms with Gasteiger partial charge in [0.2, 0.25) is 11.8 Å². The highest BCUT2D eigenvalue weighted by Crippen LogP contribution is 2.34. The van der Waals surface area contributed by atoms with E-state index < -0.39 is 6.10 Å². The van der Waals surface area contributed by atoms with Crippen LogP contribution in [0.4, 0.5) is 11.4 Å². The third-order valence-electron chi connectivity index (χ3n) is 5.65. The van der Waals surface area contributed by atoms with Crippen molar-refractivity contribution in [1.29, 1.82) is 0 Å². The first-order chi connectivity index (χ1) is 15.0. The van der Waals surface area contributed by atoms with Gasteiger partial charge in [-0.2, -0.15) is 0 Å². The van der Waals surface area contributed by atoms with Crippen LogP contribution in [0.2, 0.25) is 0 Å². The van der Waals surface area contributed by atoms with E-state index in [9.17, 15) is 14.4 Å². The lowest BCUT2D eigenvalue weighted by molar-refractivity contribution is -0.139. The van der Waals surface area contributed by atoms with E-state index in [1.807, 2.05) is 35.2 Å². The van der Waals surface area contributed by atoms with Crippen LogP contribution >= 0.6 is 0 Å². The molecule has 2 aliphatic heterocycles. The molecule has 0 aliphatic carbocycles. The molecule has 0 saturated carbocycles. The van der Waals surface area contributed by atoms with E-state index >= 15 is 0 Å². The molecule has 2 aromatic carbocycles. The zero-order chi connectivity index (χ0) is 21.8. The molecule has 0 radical (unpaired) electrons. The zero-order valence-corrected chi connectivity index (χ0v) is 17.7. The molecule has 0 spiro atoms. The molecule has 31 heavy (non-hydrogen) atoms. The molecule has 7 nitrogen and oxygen atoms in total. The molecule has 1 saturated heterocycles. The quantitative estimate of drug-likeness (QED) is 0.823. The molecule has 162 valence electrons. The lowest BCUT2D eigenvalue weighted by Crippen LogP contribution is -2.53. The minimum atomic E-state index is -0.695. The number of hydrogen-bond donors (Lipinski definition) is 1. The Balaban J connectivity index is 1.50. The van der Waals surface area contributed by atoms with Crippen molar-refractivity contribution in [3.05, 3.63) is 54.1 Å². The third-order valence-corrected chi connectivity index (χ3v) is 5.65. The van der Waals surface area contributed by atoms with E-state index in [-0.39, 0.29) is 30.7 Å². The molecule has 1 fully saturated rings. The molecule has 4 rings (SSSR count). The maximum atomic E-state index is 13.2. The van der Waals surface area contributed by atoms with Crippen molar-refractivity contribution in [2.24, 2.45) is 0 Å². The van der Waals surface area contributed by atoms with E-state index in [0.717, 1.165) is 37.9 Å². The van der Waals surface area contributed by atoms with Crippen molar-refractivity contribution < 1.29 is 19.1 Å². The molecule has 2 aliphatic rings. The van der Waals surface area contributed by atoms with E-state index in [2.05, 4.69) is 5.32 Å². The Morgan fingerprint density at radius 1 is 1.00 bits per heavy atom. The lowest BCUT2D eigenvalue weighted by Gasteiger charge is -2.37. The number of hydrogen-bond acceptors (Lipinski definition) is 4. The van der Waals surface area contributed by atoms with Crippen LogP contribution in [0.25, 0.3) is 0 Å². The van der Waals surface area contributed by atoms with Crippen LogP contribution in [-0.2, 0) is 20.8 Å². The van der Waals surface area contributed by atoms with E-state index in [4.69, 9.17) is 4.74 Å². The highest BCUT2D eigenvalue weighted by Gasteiger charge is 2.36. The number of rotatable bonds is 4. The van der Waals surface area contributed by atoms with Crippen molar-refractivity contribution in [3.8, 4) is 5.75 Å². The Kier molecular flexibility index (Phi) is 6.21. The fraction of sp³-hybridized carbons (Fsp3) is 0.375. The molecule has 1 atom stereocenters. The number of likely N-dealkylation sites (tertiary alicyclic amines) is 1. The fourth-order valence-electron chi connectivity index (χ4n) is 4.10. The third kappa shape index (κ3) is 4.87. The van der Waals surface area contributed by atoms with Crippen LogP contribution in [0.15, 0.2) is 48.5 Å². The summed E-state index contributed by atoms with van der Waals surface area (Å²) in [5, 5.41) is 2.72. The predicted molar refractivity (Wildman–Crippen MR) is 118 cm³/mol. The van der Waals surface area contributed by atoms with Gasteiger partial charge in [0.05, 0.1) is 18.7 Å². The topological polar surface area (TPSA) is 79.0 Å². The second-order valence-corrected chi connectivity index (χ2v) is 8.02. The second-order valence-electron chi connectivity index (χ2n) is 8.02. The van der Waals surface area contributed by atoms with Crippen LogP contribution in [-0.4, -0.2) is 48.4 Å². The number of piperidine rings is 1. The second kappa shape index (κ2) is 9.20. The maximum Gasteiger partial charge on any atom is 0.265 e. The van der Waals surface area contributed by atoms with Crippen molar-refractivity contribution in [2.75, 3.05) is 29.9 Å². The number of nitrogens with one attached hydrogen (secondary N) is 1. The van der Waals surface area contributed by atoms with Gasteiger partial charge in [-0.05, 0) is 49.1 Å². The van der Waals surface area contributed by atoms with Gasteiger partial charge >= 0.3 is 0 Å². The molecule has 0 bridgehead atoms. The summed E-state index contributed by atoms with van der Waals surface area (Å²) >= 11 is 0. The molecule has 1 N–H and O–H groups in total. The minimum absolute atomic E-state index is 0.0494. The maximum absolute atomic E-state index is 13.2. The summed E-state index contributed by atoms with van der Waals surface area (Å²) in [4.78, 5) is 41.0. The van der Waals surface area contributed by atoms with Gasteiger partial charge in [0.15, 0.2) is 6.10 Å². The Labute approximate surface area is 182 Å². The number of carbonyl (C=O) groups is 3. The van der Waals surface area contributed by atoms with Gasteiger partial charge in [0.1, 0.15) is 5.75 Å². The zero-order valence-electron chi connectivity index (χ0n) is 17.7. The summed E-state index contributed by atoms with van der Waals surface area (Å²) in [5.74, 6) is 0.266. The first-order valence-corrected chi connectivity index (χ1v) is 10.7. The summed E-state index contributed by atoms with van der Waals surface area (Å²) in [6.07, 6.45) is 2.65. The smallest absolute Gasteiger partial charge is 0.265 e. The van der Waals surface area contributed by atoms with Crippen molar-refractivity contribution in [2.45, 2.75) is 38.7 Å². The van der Waals surface area contributed by atoms with Crippen LogP contribution in [0, 0.1) is 0 Å². The van der Waals surface area contributed by atoms with Gasteiger partial charge in [-0.3, -0.25) is 14.4 Å². The standard InChI is InChI=1S/C24H27N3O4/c1-17(28)25-19-11-9-18(10-12-19)15-23(29)27-16-22(24(30)26-13-5-2-6-14-26)31-21-8-4-3-7-20(21)27/h3-4,7-12,22H,2,5-6,13-16H2,1H3,(H,25,28)/t22-/m1/s1. The number of ether oxygens (including phenoxy) is 1. The first kappa shape index (κ1) is 20.9. The van der Waals surface area contributed by atoms with Crippen molar-refractivity contribution >= 4 is 29.1 Å². The number of anilines is 2. The van der Waals surface area contributed by atoms with Gasteiger partial charge < -0.3 is 19.9 Å². The number of nitrogens with zero attached hydrogens (tertiary/aromatic N) is 2. The molecule has 7 heteroatoms. The van der Waals surface area contributed by atoms with Crippen LogP contribution in [0.5, 0.6) is 5.75 Å². The van der Waals surface area contributed by atoms with Crippen LogP contribution in [0.3, 0.4) is 0 Å². The summed E-state index contributed by atoms with van der Waals surface area (Å²) in [7, 11) is 0. The molecule has 2 aromatic rings. The predicted octanol–water partition coefficient (Wildman–Crippen LogP) is 2.99. The average molecular weight is 421 g/mol. The summed E-state index contributed by atoms with van der Waals surface area (Å²) in [6, 6.07) is 14.5. The Morgan fingerprint density at radius 3 is 2.42 bits per heavy atom. The number of carbonyl (C=O) groups excluding carboxylic acids is 3. The van der Waals surface area contributed by atoms with Crippen LogP contribution < -0.4 is 15.0 Å². The number of fused-ring (bicyclic) bond motifs is 1. The first-order valence-electron chi connectivity index (χ1n) is 10.7. The Morgan fingerprint density at radius 2 is 1.71 bits per heavy atom. The van der Waals surface area contributed by atoms with Crippen molar-refractivity contribution in [3.63, 3.8) is 0 Å². The van der Waals surface area contributed by atoms with Crippen LogP contribution in [0.1, 0.15) is 31.7 Å². The van der Waals surface area contributed by atoms with E-state index in [1.54, 1.807) is 23.1 Å². The van der Waals surface area contributed by atoms with E-state index in [1.165, 1.54) is 6.92 Å². The largest absolute Gasteiger partial charge is 0.476 e. The molecule has 0 unspecified atom stereocenters. The van der Waals surface area contributed by atoms with Gasteiger partial charge in [-0.15, -0.1) is 0 Å². The number of benzene rings is 2. The lowest BCUT2D eigenvalue weighted by atomic mass is 10.1. The Hall–Kier alpha value is -3.35. The number of para-hydroxylation sites is 2. The monoisotopic (exact) mass is 421 g/mol. The SMILES string of the molecule is CC(=O)Nc1ccc(CC(=O)N2C[C@H](C(=O)N3CCCCC3)Oc3ccccc32)cc1. The fourth-order valence-corrected chi connectivity index (χ4v) is 4.10. The van der Waals surface area contributed by atoms with Gasteiger partial charge in [-0.25, -0.2) is 0 Å². The molecule has 2 heterocycles. The number of amides is 3. The summed E-state index contributed by atoms with van der Waals surface area (Å²) in [5.41, 5.74) is 2.21. The summed E-state index contributed by atoms with van der Waals surface area (Å²) in [6.45, 7) is 3.15. The minimum Gasteiger partial charge on any atom is -0.476 e. The van der Waals surface area contributed by atoms with Gasteiger partial charge in [0, 0.05) is 25.7 Å². The molecule has 0 aromatic heterocycles. The summed E-state index contributed by atoms with van der Waals surface area (Å²) < 4.78 is 6.00. The normalized spacial score (nSPS) is 18.0. The molecular weight excluding hydrogens is 394 g/mol. The molecule has 3 amide bonds. The highest BCUT2D eigenvalue weighted by molar-refractivity contribution is 5.98. The highest BCUT2D eigenvalue weighted by atomic mass is 16.5. The van der Waals surface area contributed by atoms with Crippen molar-refractivity contribution in [1.82, 2.24) is 4.90 Å². The molecular formula is C24H27N3O4. The average Bonchev–Trinajstić information content (AvgIpc) is 2.79. The van der Waals surface area contributed by atoms with Gasteiger partial charge in [0.25, 0.3) is 5.91 Å². The van der Waals surface area contributed by atoms with E-state index in [0.29, 0.717) is 17.1 Å². The Bertz CT molecular complexity index is 967.